The summed E-state index contributed by atoms with van der Waals surface area (Å²) in [6, 6.07) is 7.39. The van der Waals surface area contributed by atoms with Crippen LogP contribution in [-0.2, 0) is 25.7 Å². The number of ether oxygens (including phenoxy) is 1. The van der Waals surface area contributed by atoms with Crippen LogP contribution in [0.5, 0.6) is 0 Å². The molecule has 0 unspecified atom stereocenters. The van der Waals surface area contributed by atoms with Crippen LogP contribution in [0.2, 0.25) is 0 Å². The zero-order valence-electron chi connectivity index (χ0n) is 23.4. The van der Waals surface area contributed by atoms with E-state index in [1.807, 2.05) is 58.0 Å². The van der Waals surface area contributed by atoms with E-state index in [1.54, 1.807) is 0 Å². The van der Waals surface area contributed by atoms with Gasteiger partial charge < -0.3 is 31.1 Å². The highest BCUT2D eigenvalue weighted by Crippen LogP contribution is 2.10. The molecule has 10 nitrogen and oxygen atoms in total. The van der Waals surface area contributed by atoms with E-state index < -0.39 is 30.1 Å². The molecule has 3 atom stereocenters. The van der Waals surface area contributed by atoms with Crippen LogP contribution < -0.4 is 21.3 Å². The molecule has 1 aromatic carbocycles. The topological polar surface area (TPSA) is 146 Å². The predicted molar refractivity (Wildman–Crippen MR) is 146 cm³/mol. The molecule has 214 valence electrons. The minimum atomic E-state index is -0.791. The Labute approximate surface area is 226 Å². The zero-order chi connectivity index (χ0) is 28.5. The molecule has 0 radical (unpaired) electrons. The third kappa shape index (κ3) is 14.6. The van der Waals surface area contributed by atoms with Crippen molar-refractivity contribution in [2.45, 2.75) is 91.5 Å². The number of amides is 4. The second-order valence-corrected chi connectivity index (χ2v) is 10.4. The molecule has 0 bridgehead atoms. The van der Waals surface area contributed by atoms with Crippen LogP contribution in [0.25, 0.3) is 0 Å². The number of carbonyl (C=O) groups is 4. The predicted octanol–water partition coefficient (Wildman–Crippen LogP) is 2.64. The van der Waals surface area contributed by atoms with Gasteiger partial charge in [-0.15, -0.1) is 0 Å². The normalized spacial score (nSPS) is 13.4. The smallest absolute Gasteiger partial charge is 0.407 e. The standard InChI is InChI=1S/C28H46N4O6/c1-19(2)15-24(30-21(5)34)27(36)32-25(16-20(3)4)26(35)31-23(17-33)13-9-10-14-29-28(37)38-18-22-11-7-6-8-12-22/h6-8,11-12,19-20,23-25,33H,9-10,13-18H2,1-5H3,(H,29,37)(H,30,34)(H,31,35)(H,32,36)/t23-,24-,25-/m0/s1. The molecule has 0 aliphatic carbocycles. The Bertz CT molecular complexity index is 862. The van der Waals surface area contributed by atoms with Crippen LogP contribution >= 0.6 is 0 Å². The van der Waals surface area contributed by atoms with Gasteiger partial charge in [-0.05, 0) is 49.5 Å². The highest BCUT2D eigenvalue weighted by atomic mass is 16.5. The summed E-state index contributed by atoms with van der Waals surface area (Å²) in [6.45, 7) is 9.52. The Hall–Kier alpha value is -3.14. The van der Waals surface area contributed by atoms with Crippen molar-refractivity contribution >= 4 is 23.8 Å². The average molecular weight is 535 g/mol. The molecule has 5 N–H and O–H groups in total. The summed E-state index contributed by atoms with van der Waals surface area (Å²) >= 11 is 0. The van der Waals surface area contributed by atoms with Gasteiger partial charge in [0.15, 0.2) is 0 Å². The van der Waals surface area contributed by atoms with Gasteiger partial charge >= 0.3 is 6.09 Å². The molecule has 0 saturated carbocycles. The van der Waals surface area contributed by atoms with Gasteiger partial charge in [0.1, 0.15) is 18.7 Å². The Morgan fingerprint density at radius 1 is 0.842 bits per heavy atom. The van der Waals surface area contributed by atoms with E-state index in [9.17, 15) is 24.3 Å². The van der Waals surface area contributed by atoms with Crippen molar-refractivity contribution in [2.75, 3.05) is 13.2 Å². The second-order valence-electron chi connectivity index (χ2n) is 10.4. The number of nitrogens with one attached hydrogen (secondary N) is 4. The van der Waals surface area contributed by atoms with Crippen molar-refractivity contribution in [3.05, 3.63) is 35.9 Å². The first-order valence-corrected chi connectivity index (χ1v) is 13.4. The van der Waals surface area contributed by atoms with Gasteiger partial charge in [-0.3, -0.25) is 14.4 Å². The lowest BCUT2D eigenvalue weighted by Gasteiger charge is -2.26. The van der Waals surface area contributed by atoms with Crippen molar-refractivity contribution in [3.63, 3.8) is 0 Å². The molecule has 0 heterocycles. The maximum Gasteiger partial charge on any atom is 0.407 e. The summed E-state index contributed by atoms with van der Waals surface area (Å²) in [6.07, 6.45) is 2.18. The van der Waals surface area contributed by atoms with Gasteiger partial charge in [0.25, 0.3) is 0 Å². The summed E-state index contributed by atoms with van der Waals surface area (Å²) in [5.41, 5.74) is 0.904. The minimum absolute atomic E-state index is 0.135. The lowest BCUT2D eigenvalue weighted by molar-refractivity contribution is -0.132. The molecular weight excluding hydrogens is 488 g/mol. The number of alkyl carbamates (subject to hydrolysis) is 1. The molecule has 0 aromatic heterocycles. The first-order valence-electron chi connectivity index (χ1n) is 13.4. The lowest BCUT2D eigenvalue weighted by Crippen LogP contribution is -2.55. The number of hydrogen-bond donors (Lipinski definition) is 5. The van der Waals surface area contributed by atoms with E-state index in [2.05, 4.69) is 21.3 Å². The van der Waals surface area contributed by atoms with Crippen LogP contribution in [0.4, 0.5) is 4.79 Å². The quantitative estimate of drug-likeness (QED) is 0.194. The fourth-order valence-electron chi connectivity index (χ4n) is 3.91. The number of hydrogen-bond acceptors (Lipinski definition) is 6. The first-order chi connectivity index (χ1) is 18.0. The van der Waals surface area contributed by atoms with Crippen LogP contribution in [0.15, 0.2) is 30.3 Å². The van der Waals surface area contributed by atoms with Crippen LogP contribution in [0, 0.1) is 11.8 Å². The monoisotopic (exact) mass is 534 g/mol. The molecular formula is C28H46N4O6. The van der Waals surface area contributed by atoms with Gasteiger partial charge in [0.05, 0.1) is 12.6 Å². The molecule has 1 rings (SSSR count). The number of aliphatic hydroxyl groups is 1. The molecule has 38 heavy (non-hydrogen) atoms. The zero-order valence-corrected chi connectivity index (χ0v) is 23.4. The maximum absolute atomic E-state index is 13.0. The minimum Gasteiger partial charge on any atom is -0.445 e. The molecule has 0 fully saturated rings. The largest absolute Gasteiger partial charge is 0.445 e. The van der Waals surface area contributed by atoms with E-state index in [0.717, 1.165) is 5.56 Å². The lowest BCUT2D eigenvalue weighted by atomic mass is 9.99. The maximum atomic E-state index is 13.0. The van der Waals surface area contributed by atoms with E-state index in [4.69, 9.17) is 4.74 Å². The fourth-order valence-corrected chi connectivity index (χ4v) is 3.91. The molecule has 0 spiro atoms. The van der Waals surface area contributed by atoms with Crippen molar-refractivity contribution < 1.29 is 29.0 Å². The van der Waals surface area contributed by atoms with Gasteiger partial charge in [0.2, 0.25) is 17.7 Å². The summed E-state index contributed by atoms with van der Waals surface area (Å²) in [4.78, 5) is 49.3. The Kier molecular flexibility index (Phi) is 15.7. The molecule has 10 heteroatoms. The van der Waals surface area contributed by atoms with Crippen molar-refractivity contribution in [1.82, 2.24) is 21.3 Å². The van der Waals surface area contributed by atoms with E-state index in [0.29, 0.717) is 38.6 Å². The SMILES string of the molecule is CC(=O)N[C@@H](CC(C)C)C(=O)N[C@@H](CC(C)C)C(=O)N[C@H](CO)CCCCNC(=O)OCc1ccccc1. The third-order valence-corrected chi connectivity index (χ3v) is 5.77. The van der Waals surface area contributed by atoms with Gasteiger partial charge in [-0.25, -0.2) is 4.79 Å². The Balaban J connectivity index is 2.51. The highest BCUT2D eigenvalue weighted by Gasteiger charge is 2.28. The third-order valence-electron chi connectivity index (χ3n) is 5.77. The summed E-state index contributed by atoms with van der Waals surface area (Å²) in [5, 5.41) is 20.8. The Morgan fingerprint density at radius 3 is 1.97 bits per heavy atom. The average Bonchev–Trinajstić information content (AvgIpc) is 2.85. The number of unbranched alkanes of at least 4 members (excludes halogenated alkanes) is 1. The highest BCUT2D eigenvalue weighted by molar-refractivity contribution is 5.91. The molecule has 0 aliphatic heterocycles. The van der Waals surface area contributed by atoms with Gasteiger partial charge in [-0.2, -0.15) is 0 Å². The number of aliphatic hydroxyl groups excluding tert-OH is 1. The first kappa shape index (κ1) is 32.9. The second kappa shape index (κ2) is 18.2. The Morgan fingerprint density at radius 2 is 1.42 bits per heavy atom. The van der Waals surface area contributed by atoms with E-state index in [-0.39, 0.29) is 36.9 Å². The molecule has 4 amide bonds. The van der Waals surface area contributed by atoms with Crippen LogP contribution in [-0.4, -0.2) is 60.2 Å². The summed E-state index contributed by atoms with van der Waals surface area (Å²) < 4.78 is 5.17. The van der Waals surface area contributed by atoms with Crippen molar-refractivity contribution in [3.8, 4) is 0 Å². The van der Waals surface area contributed by atoms with E-state index in [1.165, 1.54) is 6.92 Å². The molecule has 0 aliphatic rings. The van der Waals surface area contributed by atoms with E-state index >= 15 is 0 Å². The molecule has 0 saturated heterocycles. The molecule has 1 aromatic rings. The van der Waals surface area contributed by atoms with Gasteiger partial charge in [0, 0.05) is 13.5 Å². The van der Waals surface area contributed by atoms with Crippen LogP contribution in [0.3, 0.4) is 0 Å². The number of benzene rings is 1. The summed E-state index contributed by atoms with van der Waals surface area (Å²) in [5.74, 6) is -0.778. The van der Waals surface area contributed by atoms with Crippen LogP contribution in [0.1, 0.15) is 72.3 Å². The number of carbonyl (C=O) groups excluding carboxylic acids is 4. The van der Waals surface area contributed by atoms with Crippen molar-refractivity contribution in [2.24, 2.45) is 11.8 Å². The van der Waals surface area contributed by atoms with Crippen molar-refractivity contribution in [1.29, 1.82) is 0 Å². The number of rotatable bonds is 17. The van der Waals surface area contributed by atoms with Gasteiger partial charge in [-0.1, -0.05) is 58.0 Å². The summed E-state index contributed by atoms with van der Waals surface area (Å²) in [7, 11) is 0. The fraction of sp³-hybridized carbons (Fsp3) is 0.643.